The molecule has 3 N–H and O–H groups in total. The van der Waals surface area contributed by atoms with E-state index >= 15 is 0 Å². The van der Waals surface area contributed by atoms with E-state index in [9.17, 15) is 9.90 Å². The van der Waals surface area contributed by atoms with Crippen LogP contribution in [0.15, 0.2) is 36.7 Å². The van der Waals surface area contributed by atoms with Gasteiger partial charge in [-0.25, -0.2) is 9.78 Å². The highest BCUT2D eigenvalue weighted by atomic mass is 16.3. The first-order chi connectivity index (χ1) is 12.0. The van der Waals surface area contributed by atoms with Crippen LogP contribution in [-0.4, -0.2) is 33.3 Å². The van der Waals surface area contributed by atoms with Crippen LogP contribution in [0, 0.1) is 5.41 Å². The fraction of sp³-hybridized carbons (Fsp3) is 0.474. The number of aryl methyl sites for hydroxylation is 1. The molecule has 1 heterocycles. The Balaban J connectivity index is 1.61. The second kappa shape index (κ2) is 7.27. The summed E-state index contributed by atoms with van der Waals surface area (Å²) in [6, 6.07) is 7.36. The third-order valence-corrected chi connectivity index (χ3v) is 5.13. The van der Waals surface area contributed by atoms with Crippen molar-refractivity contribution in [3.05, 3.63) is 36.7 Å². The first-order valence-electron chi connectivity index (χ1n) is 8.79. The number of aliphatic hydroxyl groups excluding tert-OH is 1. The minimum atomic E-state index is -0.353. The number of hydrogen-bond acceptors (Lipinski definition) is 3. The molecule has 3 rings (SSSR count). The van der Waals surface area contributed by atoms with Crippen LogP contribution in [0.5, 0.6) is 0 Å². The third kappa shape index (κ3) is 4.02. The van der Waals surface area contributed by atoms with E-state index < -0.39 is 0 Å². The number of aromatic nitrogens is 2. The molecule has 2 atom stereocenters. The number of benzene rings is 1. The van der Waals surface area contributed by atoms with E-state index in [1.807, 2.05) is 49.0 Å². The lowest BCUT2D eigenvalue weighted by Crippen LogP contribution is -2.46. The summed E-state index contributed by atoms with van der Waals surface area (Å²) in [4.78, 5) is 16.6. The van der Waals surface area contributed by atoms with Crippen molar-refractivity contribution in [3.8, 4) is 11.4 Å². The zero-order valence-corrected chi connectivity index (χ0v) is 14.8. The topological polar surface area (TPSA) is 79.2 Å². The molecule has 0 radical (unpaired) electrons. The summed E-state index contributed by atoms with van der Waals surface area (Å²) in [6.07, 6.45) is 7.19. The van der Waals surface area contributed by atoms with Gasteiger partial charge in [-0.05, 0) is 25.0 Å². The van der Waals surface area contributed by atoms with Crippen molar-refractivity contribution in [2.75, 3.05) is 11.9 Å². The highest BCUT2D eigenvalue weighted by Gasteiger charge is 2.35. The molecule has 1 aliphatic rings. The van der Waals surface area contributed by atoms with E-state index in [0.717, 1.165) is 37.1 Å². The quantitative estimate of drug-likeness (QED) is 0.798. The molecule has 2 aromatic rings. The molecule has 0 unspecified atom stereocenters. The first kappa shape index (κ1) is 17.5. The summed E-state index contributed by atoms with van der Waals surface area (Å²) in [7, 11) is 1.94. The van der Waals surface area contributed by atoms with Crippen molar-refractivity contribution in [3.63, 3.8) is 0 Å². The molecule has 6 heteroatoms. The standard InChI is InChI=1S/C19H26N4O2/c1-19(9-4-3-8-16(19)24)13-21-18(25)22-15-7-5-6-14(12-15)17-20-10-11-23(17)2/h5-7,10-12,16,24H,3-4,8-9,13H2,1-2H3,(H2,21,22,25)/t16-,19-/m1/s1. The number of imidazole rings is 1. The summed E-state index contributed by atoms with van der Waals surface area (Å²) in [6.45, 7) is 2.51. The minimum Gasteiger partial charge on any atom is -0.392 e. The van der Waals surface area contributed by atoms with Crippen LogP contribution in [0.1, 0.15) is 32.6 Å². The number of carbonyl (C=O) groups is 1. The second-order valence-corrected chi connectivity index (χ2v) is 7.17. The van der Waals surface area contributed by atoms with E-state index in [1.165, 1.54) is 0 Å². The van der Waals surface area contributed by atoms with Crippen molar-refractivity contribution in [1.29, 1.82) is 0 Å². The average molecular weight is 342 g/mol. The van der Waals surface area contributed by atoms with E-state index in [4.69, 9.17) is 0 Å². The maximum Gasteiger partial charge on any atom is 0.319 e. The van der Waals surface area contributed by atoms with Crippen molar-refractivity contribution in [1.82, 2.24) is 14.9 Å². The minimum absolute atomic E-state index is 0.246. The van der Waals surface area contributed by atoms with Crippen LogP contribution in [-0.2, 0) is 7.05 Å². The molecule has 2 amide bonds. The Morgan fingerprint density at radius 2 is 2.28 bits per heavy atom. The van der Waals surface area contributed by atoms with Gasteiger partial charge in [0, 0.05) is 42.7 Å². The molecular formula is C19H26N4O2. The highest BCUT2D eigenvalue weighted by molar-refractivity contribution is 5.90. The molecule has 1 fully saturated rings. The van der Waals surface area contributed by atoms with Crippen LogP contribution in [0.3, 0.4) is 0 Å². The molecule has 1 saturated carbocycles. The van der Waals surface area contributed by atoms with E-state index in [1.54, 1.807) is 6.20 Å². The number of nitrogens with zero attached hydrogens (tertiary/aromatic N) is 2. The summed E-state index contributed by atoms with van der Waals surface area (Å²) in [5.74, 6) is 0.849. The summed E-state index contributed by atoms with van der Waals surface area (Å²) in [5.41, 5.74) is 1.41. The predicted molar refractivity (Wildman–Crippen MR) is 98.2 cm³/mol. The lowest BCUT2D eigenvalue weighted by Gasteiger charge is -2.38. The van der Waals surface area contributed by atoms with Crippen molar-refractivity contribution in [2.24, 2.45) is 12.5 Å². The third-order valence-electron chi connectivity index (χ3n) is 5.13. The monoisotopic (exact) mass is 342 g/mol. The van der Waals surface area contributed by atoms with Gasteiger partial charge in [-0.3, -0.25) is 0 Å². The lowest BCUT2D eigenvalue weighted by molar-refractivity contribution is 0.00333. The van der Waals surface area contributed by atoms with E-state index in [2.05, 4.69) is 15.6 Å². The Labute approximate surface area is 148 Å². The SMILES string of the molecule is Cn1ccnc1-c1cccc(NC(=O)NC[C@@]2(C)CCCC[C@H]2O)c1. The number of urea groups is 1. The van der Waals surface area contributed by atoms with Crippen LogP contribution in [0.4, 0.5) is 10.5 Å². The maximum atomic E-state index is 12.2. The fourth-order valence-corrected chi connectivity index (χ4v) is 3.43. The molecule has 134 valence electrons. The maximum absolute atomic E-state index is 12.2. The molecule has 0 bridgehead atoms. The van der Waals surface area contributed by atoms with Crippen LogP contribution in [0.2, 0.25) is 0 Å². The molecule has 25 heavy (non-hydrogen) atoms. The largest absolute Gasteiger partial charge is 0.392 e. The summed E-state index contributed by atoms with van der Waals surface area (Å²) in [5, 5.41) is 16.0. The van der Waals surface area contributed by atoms with Gasteiger partial charge in [0.25, 0.3) is 0 Å². The smallest absolute Gasteiger partial charge is 0.319 e. The Bertz CT molecular complexity index is 743. The van der Waals surface area contributed by atoms with E-state index in [0.29, 0.717) is 12.2 Å². The predicted octanol–water partition coefficient (Wildman–Crippen LogP) is 3.15. The van der Waals surface area contributed by atoms with Gasteiger partial charge in [0.05, 0.1) is 6.10 Å². The zero-order valence-electron chi connectivity index (χ0n) is 14.8. The molecule has 0 saturated heterocycles. The van der Waals surface area contributed by atoms with Gasteiger partial charge >= 0.3 is 6.03 Å². The Morgan fingerprint density at radius 3 is 3.00 bits per heavy atom. The van der Waals surface area contributed by atoms with Gasteiger partial charge in [0.1, 0.15) is 5.82 Å². The Morgan fingerprint density at radius 1 is 1.44 bits per heavy atom. The normalized spacial score (nSPS) is 23.2. The molecule has 1 aromatic heterocycles. The number of aliphatic hydroxyl groups is 1. The zero-order chi connectivity index (χ0) is 17.9. The van der Waals surface area contributed by atoms with Gasteiger partial charge < -0.3 is 20.3 Å². The van der Waals surface area contributed by atoms with Gasteiger partial charge in [0.2, 0.25) is 0 Å². The molecular weight excluding hydrogens is 316 g/mol. The van der Waals surface area contributed by atoms with Gasteiger partial charge in [0.15, 0.2) is 0 Å². The van der Waals surface area contributed by atoms with Crippen molar-refractivity contribution >= 4 is 11.7 Å². The Hall–Kier alpha value is -2.34. The van der Waals surface area contributed by atoms with Gasteiger partial charge in [-0.15, -0.1) is 0 Å². The Kier molecular flexibility index (Phi) is 5.08. The number of rotatable bonds is 4. The number of carbonyl (C=O) groups excluding carboxylic acids is 1. The van der Waals surface area contributed by atoms with Crippen molar-refractivity contribution in [2.45, 2.75) is 38.7 Å². The summed E-state index contributed by atoms with van der Waals surface area (Å²) < 4.78 is 1.94. The van der Waals surface area contributed by atoms with Crippen LogP contribution < -0.4 is 10.6 Å². The average Bonchev–Trinajstić information content (AvgIpc) is 3.02. The van der Waals surface area contributed by atoms with Crippen molar-refractivity contribution < 1.29 is 9.90 Å². The van der Waals surface area contributed by atoms with Gasteiger partial charge in [-0.2, -0.15) is 0 Å². The number of anilines is 1. The highest BCUT2D eigenvalue weighted by Crippen LogP contribution is 2.35. The van der Waals surface area contributed by atoms with Crippen LogP contribution >= 0.6 is 0 Å². The molecule has 0 aliphatic heterocycles. The lowest BCUT2D eigenvalue weighted by atomic mass is 9.73. The summed E-state index contributed by atoms with van der Waals surface area (Å²) >= 11 is 0. The number of amides is 2. The first-order valence-corrected chi connectivity index (χ1v) is 8.79. The number of nitrogens with one attached hydrogen (secondary N) is 2. The molecule has 1 aromatic carbocycles. The number of hydrogen-bond donors (Lipinski definition) is 3. The van der Waals surface area contributed by atoms with Gasteiger partial charge in [-0.1, -0.05) is 31.9 Å². The molecule has 0 spiro atoms. The fourth-order valence-electron chi connectivity index (χ4n) is 3.43. The van der Waals surface area contributed by atoms with E-state index in [-0.39, 0.29) is 17.6 Å². The molecule has 1 aliphatic carbocycles. The second-order valence-electron chi connectivity index (χ2n) is 7.17. The molecule has 6 nitrogen and oxygen atoms in total. The van der Waals surface area contributed by atoms with Crippen LogP contribution in [0.25, 0.3) is 11.4 Å².